The Hall–Kier alpha value is -4.34. The Morgan fingerprint density at radius 3 is 2.61 bits per heavy atom. The van der Waals surface area contributed by atoms with Gasteiger partial charge in [-0.25, -0.2) is 9.40 Å². The van der Waals surface area contributed by atoms with Gasteiger partial charge in [-0.2, -0.15) is 5.10 Å². The molecule has 2 heterocycles. The van der Waals surface area contributed by atoms with Gasteiger partial charge < -0.3 is 9.32 Å². The second kappa shape index (κ2) is 9.03. The normalized spacial score (nSPS) is 15.3. The van der Waals surface area contributed by atoms with Crippen LogP contribution in [0.25, 0.3) is 0 Å². The summed E-state index contributed by atoms with van der Waals surface area (Å²) < 4.78 is 19.0. The standard InChI is InChI=1S/C23H19FN4O5/c1-26(23(30)16-4-2-5-17(24)12-16)14-22(29)27-20(21-6-3-11-33-21)13-19(25-27)15-7-9-18(10-8-15)28(31)32/h2-12,20H,13-14H2,1H3/t20-/m0/s1. The second-order valence-corrected chi connectivity index (χ2v) is 7.50. The Balaban J connectivity index is 1.56. The molecule has 1 aromatic heterocycles. The minimum Gasteiger partial charge on any atom is -0.467 e. The molecule has 2 aromatic carbocycles. The predicted molar refractivity (Wildman–Crippen MR) is 116 cm³/mol. The van der Waals surface area contributed by atoms with Crippen molar-refractivity contribution in [1.82, 2.24) is 9.91 Å². The SMILES string of the molecule is CN(CC(=O)N1N=C(c2ccc([N+](=O)[O-])cc2)C[C@H]1c1ccco1)C(=O)c1cccc(F)c1. The Kier molecular flexibility index (Phi) is 5.99. The van der Waals surface area contributed by atoms with Gasteiger partial charge in [0.1, 0.15) is 24.2 Å². The van der Waals surface area contributed by atoms with E-state index in [-0.39, 0.29) is 17.8 Å². The van der Waals surface area contributed by atoms with Gasteiger partial charge in [0.05, 0.1) is 16.9 Å². The number of carbonyl (C=O) groups is 2. The number of non-ortho nitro benzene ring substituents is 1. The molecule has 2 amide bonds. The highest BCUT2D eigenvalue weighted by atomic mass is 19.1. The highest BCUT2D eigenvalue weighted by Gasteiger charge is 2.35. The maximum Gasteiger partial charge on any atom is 0.269 e. The van der Waals surface area contributed by atoms with Crippen LogP contribution in [0.2, 0.25) is 0 Å². The molecule has 0 bridgehead atoms. The average Bonchev–Trinajstić information content (AvgIpc) is 3.48. The predicted octanol–water partition coefficient (Wildman–Crippen LogP) is 3.78. The van der Waals surface area contributed by atoms with Gasteiger partial charge in [-0.1, -0.05) is 6.07 Å². The molecule has 0 saturated carbocycles. The third-order valence-electron chi connectivity index (χ3n) is 5.24. The number of hydrazone groups is 1. The minimum absolute atomic E-state index is 0.0506. The molecular formula is C23H19FN4O5. The summed E-state index contributed by atoms with van der Waals surface area (Å²) in [6, 6.07) is 14.0. The van der Waals surface area contributed by atoms with E-state index in [2.05, 4.69) is 5.10 Å². The largest absolute Gasteiger partial charge is 0.467 e. The summed E-state index contributed by atoms with van der Waals surface area (Å²) >= 11 is 0. The maximum absolute atomic E-state index is 13.5. The van der Waals surface area contributed by atoms with Crippen molar-refractivity contribution in [2.45, 2.75) is 12.5 Å². The topological polar surface area (TPSA) is 109 Å². The molecule has 1 aliphatic heterocycles. The lowest BCUT2D eigenvalue weighted by Gasteiger charge is -2.23. The number of amides is 2. The Morgan fingerprint density at radius 2 is 1.97 bits per heavy atom. The van der Waals surface area contributed by atoms with E-state index in [1.54, 1.807) is 24.3 Å². The van der Waals surface area contributed by atoms with Gasteiger partial charge in [0.2, 0.25) is 0 Å². The number of nitrogens with zero attached hydrogens (tertiary/aromatic N) is 4. The van der Waals surface area contributed by atoms with Crippen LogP contribution in [0.5, 0.6) is 0 Å². The quantitative estimate of drug-likeness (QED) is 0.419. The van der Waals surface area contributed by atoms with Crippen LogP contribution in [0.15, 0.2) is 76.4 Å². The van der Waals surface area contributed by atoms with E-state index in [1.165, 1.54) is 53.6 Å². The molecule has 0 fully saturated rings. The molecule has 0 saturated heterocycles. The molecular weight excluding hydrogens is 431 g/mol. The number of furan rings is 1. The number of benzene rings is 2. The Labute approximate surface area is 187 Å². The first-order valence-electron chi connectivity index (χ1n) is 10.0. The van der Waals surface area contributed by atoms with Crippen LogP contribution in [-0.2, 0) is 4.79 Å². The molecule has 0 spiro atoms. The third kappa shape index (κ3) is 4.64. The fourth-order valence-corrected chi connectivity index (χ4v) is 3.58. The number of halogens is 1. The Bertz CT molecular complexity index is 1220. The zero-order valence-electron chi connectivity index (χ0n) is 17.6. The third-order valence-corrected chi connectivity index (χ3v) is 5.24. The minimum atomic E-state index is -0.546. The first-order valence-corrected chi connectivity index (χ1v) is 10.0. The zero-order chi connectivity index (χ0) is 23.5. The maximum atomic E-state index is 13.5. The molecule has 10 heteroatoms. The van der Waals surface area contributed by atoms with Crippen molar-refractivity contribution in [2.24, 2.45) is 5.10 Å². The van der Waals surface area contributed by atoms with Gasteiger partial charge in [0, 0.05) is 31.2 Å². The van der Waals surface area contributed by atoms with Crippen molar-refractivity contribution in [3.05, 3.63) is 99.7 Å². The van der Waals surface area contributed by atoms with E-state index >= 15 is 0 Å². The van der Waals surface area contributed by atoms with E-state index in [9.17, 15) is 24.1 Å². The first kappa shape index (κ1) is 21.9. The molecule has 33 heavy (non-hydrogen) atoms. The molecule has 4 rings (SSSR count). The Morgan fingerprint density at radius 1 is 1.21 bits per heavy atom. The average molecular weight is 450 g/mol. The summed E-state index contributed by atoms with van der Waals surface area (Å²) in [5.74, 6) is -0.991. The van der Waals surface area contributed by atoms with Crippen molar-refractivity contribution >= 4 is 23.2 Å². The monoisotopic (exact) mass is 450 g/mol. The molecule has 1 atom stereocenters. The van der Waals surface area contributed by atoms with Gasteiger partial charge >= 0.3 is 0 Å². The van der Waals surface area contributed by atoms with Crippen LogP contribution in [-0.4, -0.2) is 46.0 Å². The van der Waals surface area contributed by atoms with E-state index in [0.29, 0.717) is 23.5 Å². The molecule has 168 valence electrons. The molecule has 3 aromatic rings. The lowest BCUT2D eigenvalue weighted by atomic mass is 10.0. The van der Waals surface area contributed by atoms with Gasteiger partial charge in [-0.15, -0.1) is 0 Å². The van der Waals surface area contributed by atoms with Crippen LogP contribution < -0.4 is 0 Å². The van der Waals surface area contributed by atoms with Crippen LogP contribution >= 0.6 is 0 Å². The van der Waals surface area contributed by atoms with Crippen molar-refractivity contribution < 1.29 is 23.3 Å². The van der Waals surface area contributed by atoms with E-state index < -0.39 is 28.6 Å². The summed E-state index contributed by atoms with van der Waals surface area (Å²) in [5.41, 5.74) is 1.27. The van der Waals surface area contributed by atoms with Crippen LogP contribution in [0.4, 0.5) is 10.1 Å². The van der Waals surface area contributed by atoms with Gasteiger partial charge in [0.25, 0.3) is 17.5 Å². The van der Waals surface area contributed by atoms with Crippen LogP contribution in [0, 0.1) is 15.9 Å². The molecule has 0 unspecified atom stereocenters. The molecule has 1 aliphatic rings. The summed E-state index contributed by atoms with van der Waals surface area (Å²) in [5, 5.41) is 16.6. The van der Waals surface area contributed by atoms with Crippen LogP contribution in [0.3, 0.4) is 0 Å². The molecule has 9 nitrogen and oxygen atoms in total. The number of carbonyl (C=O) groups excluding carboxylic acids is 2. The molecule has 0 N–H and O–H groups in total. The van der Waals surface area contributed by atoms with Gasteiger partial charge in [0.15, 0.2) is 0 Å². The van der Waals surface area contributed by atoms with Crippen molar-refractivity contribution in [3.63, 3.8) is 0 Å². The van der Waals surface area contributed by atoms with Crippen molar-refractivity contribution in [1.29, 1.82) is 0 Å². The van der Waals surface area contributed by atoms with E-state index in [1.807, 2.05) is 0 Å². The summed E-state index contributed by atoms with van der Waals surface area (Å²) in [6.45, 7) is -0.288. The fourth-order valence-electron chi connectivity index (χ4n) is 3.58. The van der Waals surface area contributed by atoms with Gasteiger partial charge in [-0.05, 0) is 48.0 Å². The van der Waals surface area contributed by atoms with Crippen LogP contribution in [0.1, 0.15) is 34.1 Å². The smallest absolute Gasteiger partial charge is 0.269 e. The fraction of sp³-hybridized carbons (Fsp3) is 0.174. The summed E-state index contributed by atoms with van der Waals surface area (Å²) in [6.07, 6.45) is 1.82. The van der Waals surface area contributed by atoms with E-state index in [4.69, 9.17) is 4.42 Å². The number of nitro groups is 1. The first-order chi connectivity index (χ1) is 15.8. The van der Waals surface area contributed by atoms with Gasteiger partial charge in [-0.3, -0.25) is 19.7 Å². The zero-order valence-corrected chi connectivity index (χ0v) is 17.6. The lowest BCUT2D eigenvalue weighted by Crippen LogP contribution is -2.39. The summed E-state index contributed by atoms with van der Waals surface area (Å²) in [4.78, 5) is 37.3. The number of rotatable bonds is 6. The van der Waals surface area contributed by atoms with E-state index in [0.717, 1.165) is 6.07 Å². The highest BCUT2D eigenvalue weighted by molar-refractivity contribution is 6.03. The summed E-state index contributed by atoms with van der Waals surface area (Å²) in [7, 11) is 1.45. The highest BCUT2D eigenvalue weighted by Crippen LogP contribution is 2.33. The number of hydrogen-bond donors (Lipinski definition) is 0. The van der Waals surface area contributed by atoms with Crippen molar-refractivity contribution in [2.75, 3.05) is 13.6 Å². The molecule has 0 aliphatic carbocycles. The second-order valence-electron chi connectivity index (χ2n) is 7.50. The molecule has 0 radical (unpaired) electrons. The number of hydrogen-bond acceptors (Lipinski definition) is 6. The number of likely N-dealkylation sites (N-methyl/N-ethyl adjacent to an activating group) is 1. The van der Waals surface area contributed by atoms with Crippen molar-refractivity contribution in [3.8, 4) is 0 Å². The lowest BCUT2D eigenvalue weighted by molar-refractivity contribution is -0.384. The number of nitro benzene ring substituents is 1.